The van der Waals surface area contributed by atoms with Crippen molar-refractivity contribution in [1.82, 2.24) is 25.4 Å². The van der Waals surface area contributed by atoms with E-state index in [0.29, 0.717) is 11.0 Å². The molecule has 8 nitrogen and oxygen atoms in total. The molecule has 0 saturated carbocycles. The van der Waals surface area contributed by atoms with Gasteiger partial charge in [0.1, 0.15) is 11.0 Å². The molecule has 1 heterocycles. The topological polar surface area (TPSA) is 98.1 Å². The van der Waals surface area contributed by atoms with E-state index in [1.54, 1.807) is 7.11 Å². The third-order valence-electron chi connectivity index (χ3n) is 4.21. The molecule has 0 fully saturated rings. The van der Waals surface area contributed by atoms with Crippen LogP contribution in [0.4, 0.5) is 4.79 Å². The zero-order chi connectivity index (χ0) is 20.8. The number of carbonyl (C=O) groups excluding carboxylic acids is 2. The molecule has 0 unspecified atom stereocenters. The number of aromatic nitrogens is 3. The van der Waals surface area contributed by atoms with E-state index in [1.807, 2.05) is 66.2 Å². The molecule has 0 aliphatic rings. The number of imide groups is 1. The number of nitrogens with one attached hydrogen (secondary N) is 2. The minimum absolute atomic E-state index is 0.436. The van der Waals surface area contributed by atoms with Crippen LogP contribution in [0, 0.1) is 0 Å². The van der Waals surface area contributed by atoms with E-state index in [0.717, 1.165) is 16.9 Å². The normalized spacial score (nSPS) is 11.6. The second-order valence-electron chi connectivity index (χ2n) is 6.07. The van der Waals surface area contributed by atoms with Gasteiger partial charge in [-0.3, -0.25) is 10.1 Å². The monoisotopic (exact) mass is 411 g/mol. The molecule has 0 bridgehead atoms. The summed E-state index contributed by atoms with van der Waals surface area (Å²) in [5.74, 6) is 0.976. The van der Waals surface area contributed by atoms with Gasteiger partial charge in [-0.1, -0.05) is 42.1 Å². The SMILES string of the molecule is CNC(=O)NC(=O)[C@H](Sc1nnc(-c2ccc(OC)cc2)n1C)c1ccccc1. The Morgan fingerprint density at radius 2 is 1.76 bits per heavy atom. The van der Waals surface area contributed by atoms with Crippen LogP contribution in [0.2, 0.25) is 0 Å². The first-order chi connectivity index (χ1) is 14.0. The number of nitrogens with zero attached hydrogens (tertiary/aromatic N) is 3. The third kappa shape index (κ3) is 4.75. The quantitative estimate of drug-likeness (QED) is 0.606. The Bertz CT molecular complexity index is 989. The molecule has 150 valence electrons. The van der Waals surface area contributed by atoms with Gasteiger partial charge in [0.15, 0.2) is 11.0 Å². The van der Waals surface area contributed by atoms with Crippen molar-refractivity contribution in [3.63, 3.8) is 0 Å². The number of carbonyl (C=O) groups is 2. The third-order valence-corrected chi connectivity index (χ3v) is 5.50. The maximum atomic E-state index is 12.7. The zero-order valence-electron chi connectivity index (χ0n) is 16.2. The Hall–Kier alpha value is -3.33. The van der Waals surface area contributed by atoms with Gasteiger partial charge in [-0.15, -0.1) is 10.2 Å². The van der Waals surface area contributed by atoms with E-state index in [-0.39, 0.29) is 0 Å². The number of amides is 3. The number of ether oxygens (including phenoxy) is 1. The first-order valence-electron chi connectivity index (χ1n) is 8.81. The van der Waals surface area contributed by atoms with Crippen LogP contribution in [0.3, 0.4) is 0 Å². The van der Waals surface area contributed by atoms with Gasteiger partial charge >= 0.3 is 6.03 Å². The summed E-state index contributed by atoms with van der Waals surface area (Å²) in [6.45, 7) is 0. The van der Waals surface area contributed by atoms with Crippen LogP contribution in [-0.2, 0) is 11.8 Å². The molecule has 3 amide bonds. The second kappa shape index (κ2) is 9.24. The molecule has 3 rings (SSSR count). The van der Waals surface area contributed by atoms with Gasteiger partial charge in [0.25, 0.3) is 0 Å². The fourth-order valence-electron chi connectivity index (χ4n) is 2.66. The highest BCUT2D eigenvalue weighted by Crippen LogP contribution is 2.35. The van der Waals surface area contributed by atoms with E-state index >= 15 is 0 Å². The number of methoxy groups -OCH3 is 1. The number of benzene rings is 2. The zero-order valence-corrected chi connectivity index (χ0v) is 17.1. The first-order valence-corrected chi connectivity index (χ1v) is 9.69. The van der Waals surface area contributed by atoms with Crippen molar-refractivity contribution in [3.05, 3.63) is 60.2 Å². The fourth-order valence-corrected chi connectivity index (χ4v) is 3.66. The van der Waals surface area contributed by atoms with Crippen molar-refractivity contribution in [2.45, 2.75) is 10.4 Å². The molecule has 2 N–H and O–H groups in total. The molecule has 0 aliphatic heterocycles. The average molecular weight is 411 g/mol. The molecule has 0 radical (unpaired) electrons. The van der Waals surface area contributed by atoms with Crippen LogP contribution in [-0.4, -0.2) is 40.9 Å². The molecular formula is C20H21N5O3S. The summed E-state index contributed by atoms with van der Waals surface area (Å²) in [4.78, 5) is 24.3. The van der Waals surface area contributed by atoms with Gasteiger partial charge < -0.3 is 14.6 Å². The van der Waals surface area contributed by atoms with E-state index in [1.165, 1.54) is 18.8 Å². The minimum atomic E-state index is -0.667. The van der Waals surface area contributed by atoms with Gasteiger partial charge in [0, 0.05) is 19.7 Å². The maximum Gasteiger partial charge on any atom is 0.321 e. The Kier molecular flexibility index (Phi) is 6.50. The van der Waals surface area contributed by atoms with Crippen molar-refractivity contribution in [2.75, 3.05) is 14.2 Å². The van der Waals surface area contributed by atoms with Crippen molar-refractivity contribution in [3.8, 4) is 17.1 Å². The Labute approximate surface area is 172 Å². The summed E-state index contributed by atoms with van der Waals surface area (Å²) < 4.78 is 7.00. The highest BCUT2D eigenvalue weighted by atomic mass is 32.2. The molecular weight excluding hydrogens is 390 g/mol. The molecule has 1 aromatic heterocycles. The lowest BCUT2D eigenvalue weighted by molar-refractivity contribution is -0.119. The summed E-state index contributed by atoms with van der Waals surface area (Å²) in [6.07, 6.45) is 0. The number of urea groups is 1. The highest BCUT2D eigenvalue weighted by Gasteiger charge is 2.26. The van der Waals surface area contributed by atoms with Crippen molar-refractivity contribution in [1.29, 1.82) is 0 Å². The molecule has 0 saturated heterocycles. The maximum absolute atomic E-state index is 12.7. The van der Waals surface area contributed by atoms with Gasteiger partial charge in [0.05, 0.1) is 7.11 Å². The van der Waals surface area contributed by atoms with Gasteiger partial charge in [-0.05, 0) is 29.8 Å². The van der Waals surface area contributed by atoms with Crippen molar-refractivity contribution in [2.24, 2.45) is 7.05 Å². The van der Waals surface area contributed by atoms with Crippen LogP contribution in [0.25, 0.3) is 11.4 Å². The predicted molar refractivity (Wildman–Crippen MR) is 111 cm³/mol. The molecule has 9 heteroatoms. The van der Waals surface area contributed by atoms with E-state index in [2.05, 4.69) is 20.8 Å². The lowest BCUT2D eigenvalue weighted by Gasteiger charge is -2.16. The molecule has 1 atom stereocenters. The van der Waals surface area contributed by atoms with Crippen LogP contribution >= 0.6 is 11.8 Å². The number of hydrogen-bond donors (Lipinski definition) is 2. The standard InChI is InChI=1S/C20H21N5O3S/c1-21-19(27)22-18(26)16(13-7-5-4-6-8-13)29-20-24-23-17(25(20)2)14-9-11-15(28-3)12-10-14/h4-12,16H,1-3H3,(H2,21,22,26,27)/t16-/m1/s1. The first kappa shape index (κ1) is 20.4. The summed E-state index contributed by atoms with van der Waals surface area (Å²) in [7, 11) is 4.90. The average Bonchev–Trinajstić information content (AvgIpc) is 3.12. The summed E-state index contributed by atoms with van der Waals surface area (Å²) >= 11 is 1.22. The van der Waals surface area contributed by atoms with E-state index in [4.69, 9.17) is 4.74 Å². The molecule has 0 aliphatic carbocycles. The summed E-state index contributed by atoms with van der Waals surface area (Å²) in [6, 6.07) is 16.1. The smallest absolute Gasteiger partial charge is 0.321 e. The largest absolute Gasteiger partial charge is 0.497 e. The predicted octanol–water partition coefficient (Wildman–Crippen LogP) is 2.78. The van der Waals surface area contributed by atoms with Crippen LogP contribution < -0.4 is 15.4 Å². The Morgan fingerprint density at radius 3 is 2.38 bits per heavy atom. The lowest BCUT2D eigenvalue weighted by atomic mass is 10.1. The Balaban J connectivity index is 1.88. The number of rotatable bonds is 6. The van der Waals surface area contributed by atoms with Gasteiger partial charge in [-0.25, -0.2) is 4.79 Å². The van der Waals surface area contributed by atoms with E-state index in [9.17, 15) is 9.59 Å². The Morgan fingerprint density at radius 1 is 1.07 bits per heavy atom. The van der Waals surface area contributed by atoms with Gasteiger partial charge in [0.2, 0.25) is 5.91 Å². The van der Waals surface area contributed by atoms with E-state index < -0.39 is 17.2 Å². The highest BCUT2D eigenvalue weighted by molar-refractivity contribution is 8.00. The number of hydrogen-bond acceptors (Lipinski definition) is 6. The second-order valence-corrected chi connectivity index (χ2v) is 7.14. The van der Waals surface area contributed by atoms with Crippen LogP contribution in [0.1, 0.15) is 10.8 Å². The fraction of sp³-hybridized carbons (Fsp3) is 0.200. The minimum Gasteiger partial charge on any atom is -0.497 e. The number of thioether (sulfide) groups is 1. The van der Waals surface area contributed by atoms with Crippen LogP contribution in [0.5, 0.6) is 5.75 Å². The summed E-state index contributed by atoms with van der Waals surface area (Å²) in [5, 5.41) is 13.1. The van der Waals surface area contributed by atoms with Crippen molar-refractivity contribution < 1.29 is 14.3 Å². The lowest BCUT2D eigenvalue weighted by Crippen LogP contribution is -2.39. The van der Waals surface area contributed by atoms with Gasteiger partial charge in [-0.2, -0.15) is 0 Å². The van der Waals surface area contributed by atoms with Crippen molar-refractivity contribution >= 4 is 23.7 Å². The van der Waals surface area contributed by atoms with Crippen LogP contribution in [0.15, 0.2) is 59.8 Å². The molecule has 0 spiro atoms. The molecule has 2 aromatic carbocycles. The molecule has 29 heavy (non-hydrogen) atoms. The summed E-state index contributed by atoms with van der Waals surface area (Å²) in [5.41, 5.74) is 1.63. The molecule has 3 aromatic rings.